The molecule has 0 aromatic heterocycles. The van der Waals surface area contributed by atoms with Crippen LogP contribution >= 0.6 is 7.82 Å². The van der Waals surface area contributed by atoms with Crippen LogP contribution in [0.2, 0.25) is 0 Å². The Hall–Kier alpha value is -2.63. The van der Waals surface area contributed by atoms with Gasteiger partial charge in [0.25, 0.3) is 0 Å². The number of allylic oxidation sites excluding steroid dienone is 12. The molecule has 11 nitrogen and oxygen atoms in total. The summed E-state index contributed by atoms with van der Waals surface area (Å²) in [5.41, 5.74) is 0. The zero-order valence-electron chi connectivity index (χ0n) is 37.5. The Morgan fingerprint density at radius 1 is 0.508 bits per heavy atom. The minimum atomic E-state index is -4.23. The standard InChI is InChI=1S/C47H83NO10P/c1-6-8-10-12-14-16-18-20-22-24-26-28-30-32-34-36-46(51)54-40-44(49)42-57-59(53,56-39-38-48(3,4)5)58-43-45(50)41-55-47(52)37-35-33-31-29-27-25-23-21-19-17-15-13-11-9-7-2/h8-11,14-17,20-23,44-45,49-50H,6-7,12-13,18-19,24-43H2,1-5H3/q+1/b10-8-,11-9-,16-14-,17-15-,22-20-,23-21-/t44-,45-/m1/s1. The Morgan fingerprint density at radius 3 is 1.25 bits per heavy atom. The van der Waals surface area contributed by atoms with Gasteiger partial charge >= 0.3 is 19.8 Å². The van der Waals surface area contributed by atoms with E-state index in [9.17, 15) is 24.4 Å². The number of aliphatic hydroxyl groups excluding tert-OH is 2. The van der Waals surface area contributed by atoms with Gasteiger partial charge in [-0.2, -0.15) is 0 Å². The van der Waals surface area contributed by atoms with E-state index in [1.165, 1.54) is 0 Å². The van der Waals surface area contributed by atoms with Gasteiger partial charge in [-0.15, -0.1) is 0 Å². The molecule has 0 aromatic carbocycles. The molecule has 0 aliphatic heterocycles. The van der Waals surface area contributed by atoms with Crippen molar-refractivity contribution >= 4 is 19.8 Å². The molecular weight excluding hydrogens is 769 g/mol. The van der Waals surface area contributed by atoms with E-state index in [-0.39, 0.29) is 32.7 Å². The van der Waals surface area contributed by atoms with Crippen LogP contribution in [0, 0.1) is 0 Å². The third kappa shape index (κ3) is 41.9. The Bertz CT molecular complexity index is 1170. The van der Waals surface area contributed by atoms with Crippen LogP contribution in [0.4, 0.5) is 0 Å². The van der Waals surface area contributed by atoms with Crippen molar-refractivity contribution in [1.29, 1.82) is 0 Å². The molecule has 0 rings (SSSR count). The van der Waals surface area contributed by atoms with Gasteiger partial charge in [-0.1, -0.05) is 125 Å². The number of nitrogens with zero attached hydrogens (tertiary/aromatic N) is 1. The van der Waals surface area contributed by atoms with Crippen molar-refractivity contribution in [2.24, 2.45) is 0 Å². The van der Waals surface area contributed by atoms with Crippen LogP contribution in [0.5, 0.6) is 0 Å². The van der Waals surface area contributed by atoms with Crippen LogP contribution in [0.25, 0.3) is 0 Å². The average Bonchev–Trinajstić information content (AvgIpc) is 3.20. The Labute approximate surface area is 358 Å². The van der Waals surface area contributed by atoms with E-state index in [0.29, 0.717) is 23.9 Å². The third-order valence-electron chi connectivity index (χ3n) is 8.80. The van der Waals surface area contributed by atoms with Crippen molar-refractivity contribution in [3.8, 4) is 0 Å². The van der Waals surface area contributed by atoms with Crippen molar-refractivity contribution in [1.82, 2.24) is 0 Å². The highest BCUT2D eigenvalue weighted by Gasteiger charge is 2.30. The first-order chi connectivity index (χ1) is 28.4. The SMILES string of the molecule is CC/C=C\C/C=C\C/C=C\CCCCCCCC(=O)OC[C@@H](O)COP(=O)(OCC[N+](C)(C)C)OC[C@H](O)COC(=O)CCCCCCC/C=C\C/C=C\C/C=C\CC. The number of unbranched alkanes of at least 4 members (excludes halogenated alkanes) is 10. The molecule has 0 bridgehead atoms. The average molecular weight is 853 g/mol. The molecule has 340 valence electrons. The number of carbonyl (C=O) groups excluding carboxylic acids is 2. The van der Waals surface area contributed by atoms with E-state index < -0.39 is 45.2 Å². The highest BCUT2D eigenvalue weighted by Crippen LogP contribution is 2.49. The number of quaternary nitrogens is 1. The van der Waals surface area contributed by atoms with E-state index >= 15 is 0 Å². The summed E-state index contributed by atoms with van der Waals surface area (Å²) in [5.74, 6) is -0.842. The van der Waals surface area contributed by atoms with Crippen molar-refractivity contribution < 1.29 is 51.9 Å². The fourth-order valence-corrected chi connectivity index (χ4v) is 6.53. The van der Waals surface area contributed by atoms with Gasteiger partial charge in [0, 0.05) is 12.8 Å². The predicted octanol–water partition coefficient (Wildman–Crippen LogP) is 10.8. The maximum absolute atomic E-state index is 13.4. The van der Waals surface area contributed by atoms with Gasteiger partial charge in [0.15, 0.2) is 0 Å². The van der Waals surface area contributed by atoms with Gasteiger partial charge in [-0.25, -0.2) is 4.57 Å². The summed E-state index contributed by atoms with van der Waals surface area (Å²) in [5, 5.41) is 20.8. The lowest BCUT2D eigenvalue weighted by Gasteiger charge is -2.25. The first-order valence-electron chi connectivity index (χ1n) is 22.3. The molecule has 0 unspecified atom stereocenters. The number of phosphoric ester groups is 1. The van der Waals surface area contributed by atoms with Crippen LogP contribution in [0.3, 0.4) is 0 Å². The molecule has 0 spiro atoms. The molecule has 0 amide bonds. The molecule has 0 fully saturated rings. The number of aliphatic hydroxyl groups is 2. The number of esters is 2. The first-order valence-corrected chi connectivity index (χ1v) is 23.8. The molecule has 12 heteroatoms. The van der Waals surface area contributed by atoms with Gasteiger partial charge in [-0.3, -0.25) is 23.2 Å². The van der Waals surface area contributed by atoms with Crippen molar-refractivity contribution in [3.63, 3.8) is 0 Å². The van der Waals surface area contributed by atoms with Crippen molar-refractivity contribution in [2.75, 3.05) is 60.7 Å². The molecule has 2 atom stereocenters. The topological polar surface area (TPSA) is 138 Å². The highest BCUT2D eigenvalue weighted by molar-refractivity contribution is 7.48. The van der Waals surface area contributed by atoms with Crippen molar-refractivity contribution in [3.05, 3.63) is 72.9 Å². The van der Waals surface area contributed by atoms with Gasteiger partial charge in [0.1, 0.15) is 38.6 Å². The summed E-state index contributed by atoms with van der Waals surface area (Å²) >= 11 is 0. The Balaban J connectivity index is 4.29. The minimum Gasteiger partial charge on any atom is -0.463 e. The van der Waals surface area contributed by atoms with E-state index in [4.69, 9.17) is 23.0 Å². The summed E-state index contributed by atoms with van der Waals surface area (Å²) in [6.07, 6.45) is 42.2. The summed E-state index contributed by atoms with van der Waals surface area (Å²) in [7, 11) is 1.58. The zero-order valence-corrected chi connectivity index (χ0v) is 38.4. The van der Waals surface area contributed by atoms with Gasteiger partial charge in [0.05, 0.1) is 34.4 Å². The number of likely N-dealkylation sites (N-methyl/N-ethyl adjacent to an activating group) is 1. The molecule has 0 saturated carbocycles. The Kier molecular flexibility index (Phi) is 37.7. The van der Waals surface area contributed by atoms with E-state index in [1.54, 1.807) is 0 Å². The molecule has 0 aliphatic carbocycles. The van der Waals surface area contributed by atoms with E-state index in [0.717, 1.165) is 103 Å². The van der Waals surface area contributed by atoms with Crippen LogP contribution < -0.4 is 0 Å². The maximum Gasteiger partial charge on any atom is 0.475 e. The monoisotopic (exact) mass is 853 g/mol. The largest absolute Gasteiger partial charge is 0.475 e. The lowest BCUT2D eigenvalue weighted by molar-refractivity contribution is -0.870. The number of carbonyl (C=O) groups is 2. The van der Waals surface area contributed by atoms with Crippen molar-refractivity contribution in [2.45, 2.75) is 154 Å². The summed E-state index contributed by atoms with van der Waals surface area (Å²) < 4.78 is 40.5. The van der Waals surface area contributed by atoms with Crippen LogP contribution in [0.15, 0.2) is 72.9 Å². The fraction of sp³-hybridized carbons (Fsp3) is 0.702. The maximum atomic E-state index is 13.4. The van der Waals surface area contributed by atoms with Gasteiger partial charge < -0.3 is 24.2 Å². The van der Waals surface area contributed by atoms with Gasteiger partial charge in [-0.05, 0) is 77.0 Å². The molecule has 0 radical (unpaired) electrons. The molecule has 0 saturated heterocycles. The zero-order chi connectivity index (χ0) is 43.7. The van der Waals surface area contributed by atoms with Crippen LogP contribution in [0.1, 0.15) is 142 Å². The second kappa shape index (κ2) is 39.5. The smallest absolute Gasteiger partial charge is 0.463 e. The lowest BCUT2D eigenvalue weighted by Crippen LogP contribution is -2.37. The number of rotatable bonds is 40. The molecule has 2 N–H and O–H groups in total. The normalized spacial score (nSPS) is 13.9. The highest BCUT2D eigenvalue weighted by atomic mass is 31.2. The molecule has 0 aromatic rings. The van der Waals surface area contributed by atoms with E-state index in [2.05, 4.69) is 86.8 Å². The molecule has 0 heterocycles. The molecular formula is C47H83NO10P+. The number of hydrogen-bond donors (Lipinski definition) is 2. The first kappa shape index (κ1) is 56.4. The van der Waals surface area contributed by atoms with Gasteiger partial charge in [0.2, 0.25) is 0 Å². The number of hydrogen-bond acceptors (Lipinski definition) is 10. The Morgan fingerprint density at radius 2 is 0.864 bits per heavy atom. The van der Waals surface area contributed by atoms with Crippen LogP contribution in [-0.2, 0) is 37.2 Å². The fourth-order valence-electron chi connectivity index (χ4n) is 5.29. The summed E-state index contributed by atoms with van der Waals surface area (Å²) in [6.45, 7) is 3.15. The third-order valence-corrected chi connectivity index (χ3v) is 10.2. The summed E-state index contributed by atoms with van der Waals surface area (Å²) in [4.78, 5) is 24.4. The van der Waals surface area contributed by atoms with Crippen LogP contribution in [-0.4, -0.2) is 99.6 Å². The molecule has 0 aliphatic rings. The number of phosphoric acid groups is 1. The quantitative estimate of drug-likeness (QED) is 0.0201. The second-order valence-electron chi connectivity index (χ2n) is 15.8. The summed E-state index contributed by atoms with van der Waals surface area (Å²) in [6, 6.07) is 0. The lowest BCUT2D eigenvalue weighted by atomic mass is 10.1. The minimum absolute atomic E-state index is 0.0222. The predicted molar refractivity (Wildman–Crippen MR) is 241 cm³/mol. The number of ether oxygens (including phenoxy) is 2. The molecule has 59 heavy (non-hydrogen) atoms. The second-order valence-corrected chi connectivity index (χ2v) is 17.4. The van der Waals surface area contributed by atoms with E-state index in [1.807, 2.05) is 21.1 Å².